The van der Waals surface area contributed by atoms with Crippen LogP contribution in [0.4, 0.5) is 0 Å². The molecular weight excluding hydrogens is 424 g/mol. The predicted molar refractivity (Wildman–Crippen MR) is 119 cm³/mol. The second-order valence-electron chi connectivity index (χ2n) is 7.80. The lowest BCUT2D eigenvalue weighted by molar-refractivity contribution is 0.0487. The zero-order chi connectivity index (χ0) is 23.3. The molecule has 0 unspecified atom stereocenters. The van der Waals surface area contributed by atoms with Gasteiger partial charge in [0.1, 0.15) is 11.2 Å². The standard InChI is InChI=1S/C11H14O4S.C11H14O2S/c1-11(2,13)10(12)8-4-6-9(7-5-8)16(3,14)15;1-11(2,13)10(12)8-4-6-9(14-3)7-5-8/h4-7,13H,1-3H3;4-7,13H,1-3H3. The minimum absolute atomic E-state index is 0.153. The molecule has 30 heavy (non-hydrogen) atoms. The van der Waals surface area contributed by atoms with E-state index in [9.17, 15) is 28.2 Å². The lowest BCUT2D eigenvalue weighted by Gasteiger charge is -2.15. The van der Waals surface area contributed by atoms with Crippen molar-refractivity contribution in [2.45, 2.75) is 48.7 Å². The molecule has 0 aliphatic carbocycles. The Morgan fingerprint density at radius 1 is 0.767 bits per heavy atom. The van der Waals surface area contributed by atoms with E-state index in [-0.39, 0.29) is 10.7 Å². The number of carbonyl (C=O) groups is 2. The molecule has 0 bridgehead atoms. The van der Waals surface area contributed by atoms with E-state index in [4.69, 9.17) is 0 Å². The third-order valence-electron chi connectivity index (χ3n) is 4.01. The van der Waals surface area contributed by atoms with E-state index in [1.54, 1.807) is 23.9 Å². The molecule has 0 saturated heterocycles. The maximum atomic E-state index is 11.6. The van der Waals surface area contributed by atoms with E-state index in [1.807, 2.05) is 18.4 Å². The highest BCUT2D eigenvalue weighted by Crippen LogP contribution is 2.18. The normalized spacial score (nSPS) is 12.0. The molecular formula is C22H28O6S2. The van der Waals surface area contributed by atoms with Gasteiger partial charge in [0.25, 0.3) is 0 Å². The third-order valence-corrected chi connectivity index (χ3v) is 5.88. The Hall–Kier alpha value is -2.00. The highest BCUT2D eigenvalue weighted by molar-refractivity contribution is 7.98. The lowest BCUT2D eigenvalue weighted by atomic mass is 9.97. The number of ketones is 2. The molecule has 0 aromatic heterocycles. The van der Waals surface area contributed by atoms with E-state index in [1.165, 1.54) is 52.0 Å². The van der Waals surface area contributed by atoms with Crippen LogP contribution in [-0.2, 0) is 9.84 Å². The van der Waals surface area contributed by atoms with Crippen LogP contribution >= 0.6 is 11.8 Å². The smallest absolute Gasteiger partial charge is 0.193 e. The molecule has 0 atom stereocenters. The van der Waals surface area contributed by atoms with Crippen molar-refractivity contribution in [3.63, 3.8) is 0 Å². The van der Waals surface area contributed by atoms with Crippen LogP contribution in [0.25, 0.3) is 0 Å². The van der Waals surface area contributed by atoms with Gasteiger partial charge in [0.05, 0.1) is 4.90 Å². The molecule has 0 amide bonds. The van der Waals surface area contributed by atoms with Crippen molar-refractivity contribution in [1.29, 1.82) is 0 Å². The molecule has 0 aliphatic heterocycles. The first kappa shape index (κ1) is 26.0. The molecule has 2 N–H and O–H groups in total. The van der Waals surface area contributed by atoms with E-state index in [2.05, 4.69) is 0 Å². The third kappa shape index (κ3) is 7.68. The Morgan fingerprint density at radius 2 is 1.10 bits per heavy atom. The fourth-order valence-corrected chi connectivity index (χ4v) is 3.34. The van der Waals surface area contributed by atoms with Crippen LogP contribution in [-0.4, -0.2) is 53.9 Å². The summed E-state index contributed by atoms with van der Waals surface area (Å²) in [4.78, 5) is 24.5. The number of hydrogen-bond donors (Lipinski definition) is 2. The molecule has 6 nitrogen and oxygen atoms in total. The van der Waals surface area contributed by atoms with Crippen molar-refractivity contribution < 1.29 is 28.2 Å². The SMILES string of the molecule is CC(C)(O)C(=O)c1ccc(S(C)(=O)=O)cc1.CSc1ccc(C(=O)C(C)(C)O)cc1. The summed E-state index contributed by atoms with van der Waals surface area (Å²) in [6.45, 7) is 5.77. The fourth-order valence-electron chi connectivity index (χ4n) is 2.30. The van der Waals surface area contributed by atoms with Gasteiger partial charge in [0.2, 0.25) is 0 Å². The van der Waals surface area contributed by atoms with Gasteiger partial charge in [-0.2, -0.15) is 0 Å². The first-order valence-electron chi connectivity index (χ1n) is 9.06. The van der Waals surface area contributed by atoms with Crippen molar-refractivity contribution in [1.82, 2.24) is 0 Å². The van der Waals surface area contributed by atoms with Gasteiger partial charge < -0.3 is 10.2 Å². The Labute approximate surface area is 182 Å². The fraction of sp³-hybridized carbons (Fsp3) is 0.364. The predicted octanol–water partition coefficient (Wildman–Crippen LogP) is 3.41. The summed E-state index contributed by atoms with van der Waals surface area (Å²) >= 11 is 1.62. The first-order chi connectivity index (χ1) is 13.6. The van der Waals surface area contributed by atoms with Crippen LogP contribution in [0.3, 0.4) is 0 Å². The van der Waals surface area contributed by atoms with Gasteiger partial charge in [-0.25, -0.2) is 8.42 Å². The molecule has 0 spiro atoms. The van der Waals surface area contributed by atoms with Gasteiger partial charge in [-0.05, 0) is 58.2 Å². The summed E-state index contributed by atoms with van der Waals surface area (Å²) in [6.07, 6.45) is 3.08. The number of sulfone groups is 1. The van der Waals surface area contributed by atoms with Crippen LogP contribution in [0.1, 0.15) is 48.4 Å². The van der Waals surface area contributed by atoms with Gasteiger partial charge in [0.15, 0.2) is 21.4 Å². The zero-order valence-corrected chi connectivity index (χ0v) is 19.6. The van der Waals surface area contributed by atoms with Gasteiger partial charge >= 0.3 is 0 Å². The Balaban J connectivity index is 0.000000303. The molecule has 0 aliphatic rings. The molecule has 2 aromatic carbocycles. The van der Waals surface area contributed by atoms with Crippen LogP contribution in [0.2, 0.25) is 0 Å². The Kier molecular flexibility index (Phi) is 8.57. The number of Topliss-reactive ketones (excluding diaryl/α,β-unsaturated/α-hetero) is 2. The van der Waals surface area contributed by atoms with E-state index in [0.717, 1.165) is 11.2 Å². The topological polar surface area (TPSA) is 109 Å². The largest absolute Gasteiger partial charge is 0.382 e. The summed E-state index contributed by atoms with van der Waals surface area (Å²) < 4.78 is 22.4. The van der Waals surface area contributed by atoms with Gasteiger partial charge in [-0.3, -0.25) is 9.59 Å². The monoisotopic (exact) mass is 452 g/mol. The average molecular weight is 453 g/mol. The Bertz CT molecular complexity index is 978. The van der Waals surface area contributed by atoms with Crippen molar-refractivity contribution >= 4 is 33.2 Å². The van der Waals surface area contributed by atoms with Crippen LogP contribution in [0.5, 0.6) is 0 Å². The minimum atomic E-state index is -3.25. The van der Waals surface area contributed by atoms with Gasteiger partial charge in [0, 0.05) is 22.3 Å². The number of carbonyl (C=O) groups excluding carboxylic acids is 2. The zero-order valence-electron chi connectivity index (χ0n) is 18.0. The van der Waals surface area contributed by atoms with Crippen molar-refractivity contribution in [3.05, 3.63) is 59.7 Å². The summed E-state index contributed by atoms with van der Waals surface area (Å²) in [5, 5.41) is 19.0. The van der Waals surface area contributed by atoms with Crippen molar-refractivity contribution in [2.75, 3.05) is 12.5 Å². The number of aliphatic hydroxyl groups is 2. The quantitative estimate of drug-likeness (QED) is 0.511. The summed E-state index contributed by atoms with van der Waals surface area (Å²) in [7, 11) is -3.25. The average Bonchev–Trinajstić information content (AvgIpc) is 2.65. The summed E-state index contributed by atoms with van der Waals surface area (Å²) in [5.74, 6) is -0.683. The van der Waals surface area contributed by atoms with Crippen LogP contribution < -0.4 is 0 Å². The van der Waals surface area contributed by atoms with E-state index in [0.29, 0.717) is 11.1 Å². The first-order valence-corrected chi connectivity index (χ1v) is 12.2. The Morgan fingerprint density at radius 3 is 1.37 bits per heavy atom. The molecule has 164 valence electrons. The van der Waals surface area contributed by atoms with Crippen molar-refractivity contribution in [3.8, 4) is 0 Å². The van der Waals surface area contributed by atoms with Crippen molar-refractivity contribution in [2.24, 2.45) is 0 Å². The summed E-state index contributed by atoms with van der Waals surface area (Å²) in [5.41, 5.74) is -1.90. The van der Waals surface area contributed by atoms with Crippen LogP contribution in [0, 0.1) is 0 Å². The highest BCUT2D eigenvalue weighted by atomic mass is 32.2. The number of benzene rings is 2. The molecule has 0 radical (unpaired) electrons. The maximum Gasteiger partial charge on any atom is 0.193 e. The molecule has 2 aromatic rings. The molecule has 0 fully saturated rings. The maximum absolute atomic E-state index is 11.6. The van der Waals surface area contributed by atoms with Gasteiger partial charge in [-0.15, -0.1) is 11.8 Å². The van der Waals surface area contributed by atoms with E-state index >= 15 is 0 Å². The summed E-state index contributed by atoms with van der Waals surface area (Å²) in [6, 6.07) is 12.8. The number of thioether (sulfide) groups is 1. The second-order valence-corrected chi connectivity index (χ2v) is 10.7. The molecule has 0 saturated carbocycles. The van der Waals surface area contributed by atoms with Crippen LogP contribution in [0.15, 0.2) is 58.3 Å². The molecule has 8 heteroatoms. The molecule has 0 heterocycles. The lowest BCUT2D eigenvalue weighted by Crippen LogP contribution is -2.31. The second kappa shape index (κ2) is 9.87. The minimum Gasteiger partial charge on any atom is -0.382 e. The highest BCUT2D eigenvalue weighted by Gasteiger charge is 2.25. The number of rotatable bonds is 6. The van der Waals surface area contributed by atoms with E-state index < -0.39 is 26.8 Å². The van der Waals surface area contributed by atoms with Gasteiger partial charge in [-0.1, -0.05) is 24.3 Å². The molecule has 2 rings (SSSR count). The number of hydrogen-bond acceptors (Lipinski definition) is 7.